The summed E-state index contributed by atoms with van der Waals surface area (Å²) in [6.07, 6.45) is 3.10. The molecule has 1 aliphatic carbocycles. The smallest absolute Gasteiger partial charge is 0.277 e. The second-order valence-corrected chi connectivity index (χ2v) is 12.6. The van der Waals surface area contributed by atoms with E-state index in [0.29, 0.717) is 36.0 Å². The van der Waals surface area contributed by atoms with E-state index in [1.165, 1.54) is 23.9 Å². The van der Waals surface area contributed by atoms with Gasteiger partial charge in [-0.25, -0.2) is 8.78 Å². The van der Waals surface area contributed by atoms with Crippen LogP contribution in [0.4, 0.5) is 8.78 Å². The number of hydrogen-bond donors (Lipinski definition) is 0. The van der Waals surface area contributed by atoms with E-state index >= 15 is 0 Å². The maximum atomic E-state index is 13.5. The van der Waals surface area contributed by atoms with Crippen molar-refractivity contribution in [2.24, 2.45) is 0 Å². The van der Waals surface area contributed by atoms with Crippen LogP contribution in [0.1, 0.15) is 65.2 Å². The van der Waals surface area contributed by atoms with Crippen LogP contribution in [0.2, 0.25) is 0 Å². The molecule has 0 atom stereocenters. The molecule has 0 spiro atoms. The zero-order chi connectivity index (χ0) is 32.0. The van der Waals surface area contributed by atoms with Gasteiger partial charge in [0, 0.05) is 29.0 Å². The van der Waals surface area contributed by atoms with Crippen molar-refractivity contribution >= 4 is 11.8 Å². The van der Waals surface area contributed by atoms with Crippen molar-refractivity contribution in [3.05, 3.63) is 134 Å². The van der Waals surface area contributed by atoms with Gasteiger partial charge in [0.25, 0.3) is 5.56 Å². The van der Waals surface area contributed by atoms with E-state index in [-0.39, 0.29) is 11.4 Å². The first-order valence-electron chi connectivity index (χ1n) is 15.9. The highest BCUT2D eigenvalue weighted by molar-refractivity contribution is 7.98. The minimum atomic E-state index is -0.470. The van der Waals surface area contributed by atoms with Gasteiger partial charge in [0.15, 0.2) is 10.9 Å². The van der Waals surface area contributed by atoms with Crippen LogP contribution in [0.25, 0.3) is 11.1 Å². The minimum Gasteiger partial charge on any atom is -0.359 e. The Morgan fingerprint density at radius 1 is 0.891 bits per heavy atom. The molecule has 0 fully saturated rings. The highest BCUT2D eigenvalue weighted by atomic mass is 32.2. The average molecular weight is 641 g/mol. The normalized spacial score (nSPS) is 12.6. The largest absolute Gasteiger partial charge is 0.359 e. The van der Waals surface area contributed by atoms with Crippen LogP contribution < -0.4 is 5.56 Å². The Kier molecular flexibility index (Phi) is 10.1. The molecule has 238 valence electrons. The SMILES string of the molecule is CCN(CC)Cc1onc(Cn2c(SCc3ccc(F)cc3)nc(=O)c3c2CCC3)c1Cc1ccc(-c2ccc(CF)cc2)cc1. The van der Waals surface area contributed by atoms with Crippen LogP contribution in [0.15, 0.2) is 87.3 Å². The van der Waals surface area contributed by atoms with E-state index in [2.05, 4.69) is 57.7 Å². The first-order valence-corrected chi connectivity index (χ1v) is 16.9. The summed E-state index contributed by atoms with van der Waals surface area (Å²) in [6.45, 7) is 6.69. The second-order valence-electron chi connectivity index (χ2n) is 11.7. The average Bonchev–Trinajstić information content (AvgIpc) is 3.73. The number of alkyl halides is 1. The van der Waals surface area contributed by atoms with Gasteiger partial charge in [-0.2, -0.15) is 4.98 Å². The second kappa shape index (κ2) is 14.6. The van der Waals surface area contributed by atoms with Gasteiger partial charge in [0.1, 0.15) is 18.2 Å². The van der Waals surface area contributed by atoms with Gasteiger partial charge in [-0.1, -0.05) is 91.4 Å². The molecule has 0 saturated heterocycles. The van der Waals surface area contributed by atoms with Crippen molar-refractivity contribution in [3.63, 3.8) is 0 Å². The number of nitrogens with zero attached hydrogens (tertiary/aromatic N) is 4. The number of aromatic nitrogens is 3. The van der Waals surface area contributed by atoms with Crippen molar-refractivity contribution in [1.29, 1.82) is 0 Å². The zero-order valence-corrected chi connectivity index (χ0v) is 27.1. The van der Waals surface area contributed by atoms with Crippen LogP contribution in [0, 0.1) is 5.82 Å². The Hall–Kier alpha value is -4.08. The summed E-state index contributed by atoms with van der Waals surface area (Å²) in [5.41, 5.74) is 8.39. The molecule has 0 radical (unpaired) electrons. The molecule has 5 aromatic rings. The Morgan fingerprint density at radius 2 is 1.54 bits per heavy atom. The molecule has 46 heavy (non-hydrogen) atoms. The molecule has 0 saturated carbocycles. The third-order valence-corrected chi connectivity index (χ3v) is 9.83. The quantitative estimate of drug-likeness (QED) is 0.0968. The highest BCUT2D eigenvalue weighted by Gasteiger charge is 2.25. The molecule has 6 nitrogen and oxygen atoms in total. The molecule has 9 heteroatoms. The monoisotopic (exact) mass is 640 g/mol. The van der Waals surface area contributed by atoms with E-state index in [1.807, 2.05) is 24.3 Å². The molecular formula is C37H38F2N4O2S. The van der Waals surface area contributed by atoms with Crippen molar-refractivity contribution in [2.75, 3.05) is 13.1 Å². The van der Waals surface area contributed by atoms with E-state index in [9.17, 15) is 13.6 Å². The van der Waals surface area contributed by atoms with Crippen molar-refractivity contribution < 1.29 is 13.3 Å². The van der Waals surface area contributed by atoms with Crippen LogP contribution in [-0.4, -0.2) is 32.7 Å². The first-order chi connectivity index (χ1) is 22.4. The Balaban J connectivity index is 1.32. The summed E-state index contributed by atoms with van der Waals surface area (Å²) in [4.78, 5) is 19.8. The summed E-state index contributed by atoms with van der Waals surface area (Å²) >= 11 is 1.48. The van der Waals surface area contributed by atoms with E-state index in [1.54, 1.807) is 12.1 Å². The third-order valence-electron chi connectivity index (χ3n) is 8.78. The van der Waals surface area contributed by atoms with Gasteiger partial charge >= 0.3 is 0 Å². The summed E-state index contributed by atoms with van der Waals surface area (Å²) in [5.74, 6) is 1.13. The van der Waals surface area contributed by atoms with E-state index in [4.69, 9.17) is 4.52 Å². The lowest BCUT2D eigenvalue weighted by molar-refractivity contribution is 0.250. The molecule has 0 amide bonds. The lowest BCUT2D eigenvalue weighted by atomic mass is 9.98. The Bertz CT molecular complexity index is 1830. The van der Waals surface area contributed by atoms with Crippen molar-refractivity contribution in [3.8, 4) is 11.1 Å². The van der Waals surface area contributed by atoms with Gasteiger partial charge < -0.3 is 9.09 Å². The van der Waals surface area contributed by atoms with Gasteiger partial charge in [-0.05, 0) is 72.3 Å². The molecule has 2 heterocycles. The van der Waals surface area contributed by atoms with E-state index < -0.39 is 6.67 Å². The molecule has 0 N–H and O–H groups in total. The number of benzene rings is 3. The fourth-order valence-electron chi connectivity index (χ4n) is 6.02. The molecule has 0 unspecified atom stereocenters. The summed E-state index contributed by atoms with van der Waals surface area (Å²) in [7, 11) is 0. The number of rotatable bonds is 13. The fraction of sp³-hybridized carbons (Fsp3) is 0.324. The Morgan fingerprint density at radius 3 is 2.20 bits per heavy atom. The summed E-state index contributed by atoms with van der Waals surface area (Å²) < 4.78 is 34.7. The molecule has 0 aliphatic heterocycles. The lowest BCUT2D eigenvalue weighted by Gasteiger charge is -2.18. The first kappa shape index (κ1) is 31.9. The third kappa shape index (κ3) is 7.16. The number of hydrogen-bond acceptors (Lipinski definition) is 6. The number of halogens is 2. The van der Waals surface area contributed by atoms with Crippen LogP contribution in [0.5, 0.6) is 0 Å². The molecule has 1 aliphatic rings. The van der Waals surface area contributed by atoms with Gasteiger partial charge in [0.2, 0.25) is 0 Å². The standard InChI is InChI=1S/C37H38F2N4O2S/c1-3-42(4-2)23-35-32(20-25-8-14-28(15-9-25)29-16-10-26(21-38)11-17-29)33(41-45-35)22-43-34-7-5-6-31(34)36(44)40-37(43)46-24-27-12-18-30(39)19-13-27/h8-19H,3-7,20-24H2,1-2H3. The summed E-state index contributed by atoms with van der Waals surface area (Å²) in [5, 5.41) is 5.25. The van der Waals surface area contributed by atoms with Gasteiger partial charge in [0.05, 0.1) is 13.1 Å². The lowest BCUT2D eigenvalue weighted by Crippen LogP contribution is -2.23. The number of fused-ring (bicyclic) bond motifs is 1. The molecule has 0 bridgehead atoms. The Labute approximate surface area is 272 Å². The molecule has 6 rings (SSSR count). The molecule has 2 aromatic heterocycles. The summed E-state index contributed by atoms with van der Waals surface area (Å²) in [6, 6.07) is 22.4. The van der Waals surface area contributed by atoms with Crippen LogP contribution in [-0.2, 0) is 44.8 Å². The molecular weight excluding hydrogens is 602 g/mol. The van der Waals surface area contributed by atoms with Crippen LogP contribution in [0.3, 0.4) is 0 Å². The van der Waals surface area contributed by atoms with Crippen LogP contribution >= 0.6 is 11.8 Å². The zero-order valence-electron chi connectivity index (χ0n) is 26.3. The minimum absolute atomic E-state index is 0.160. The predicted octanol–water partition coefficient (Wildman–Crippen LogP) is 7.77. The molecule has 3 aromatic carbocycles. The van der Waals surface area contributed by atoms with E-state index in [0.717, 1.165) is 82.9 Å². The van der Waals surface area contributed by atoms with Crippen molar-refractivity contribution in [2.45, 2.75) is 70.2 Å². The number of thioether (sulfide) groups is 1. The predicted molar refractivity (Wildman–Crippen MR) is 178 cm³/mol. The van der Waals surface area contributed by atoms with Gasteiger partial charge in [-0.15, -0.1) is 0 Å². The maximum absolute atomic E-state index is 13.5. The highest BCUT2D eigenvalue weighted by Crippen LogP contribution is 2.30. The van der Waals surface area contributed by atoms with Gasteiger partial charge in [-0.3, -0.25) is 9.69 Å². The fourth-order valence-corrected chi connectivity index (χ4v) is 6.99. The maximum Gasteiger partial charge on any atom is 0.277 e. The van der Waals surface area contributed by atoms with Crippen molar-refractivity contribution in [1.82, 2.24) is 19.6 Å². The topological polar surface area (TPSA) is 64.2 Å².